The Bertz CT molecular complexity index is 1090. The van der Waals surface area contributed by atoms with Gasteiger partial charge < -0.3 is 9.88 Å². The molecule has 0 atom stereocenters. The number of hydrogen-bond acceptors (Lipinski definition) is 3. The summed E-state index contributed by atoms with van der Waals surface area (Å²) in [5, 5.41) is 3.00. The number of nitrogens with one attached hydrogen (secondary N) is 1. The number of aromatic nitrogens is 3. The third-order valence-electron chi connectivity index (χ3n) is 4.79. The van der Waals surface area contributed by atoms with Crippen molar-refractivity contribution >= 4 is 5.91 Å². The number of carbonyl (C=O) groups is 1. The number of hydrogen-bond donors (Lipinski definition) is 1. The van der Waals surface area contributed by atoms with Crippen molar-refractivity contribution in [2.45, 2.75) is 20.0 Å². The van der Waals surface area contributed by atoms with Crippen molar-refractivity contribution in [3.63, 3.8) is 0 Å². The van der Waals surface area contributed by atoms with Gasteiger partial charge in [0.05, 0.1) is 0 Å². The molecule has 0 fully saturated rings. The summed E-state index contributed by atoms with van der Waals surface area (Å²) in [5.41, 5.74) is 5.98. The fraction of sp³-hybridized carbons (Fsp3) is 0.125. The second-order valence-corrected chi connectivity index (χ2v) is 7.01. The standard InChI is InChI=1S/C24H22N4O/c1-18-4-6-19(7-5-18)16-28-17-22(21-8-11-25-12-9-21)13-23(28)24(29)27-15-20-3-2-10-26-14-20/h2-14,17H,15-16H2,1H3,(H,27,29). The third kappa shape index (κ3) is 4.58. The maximum Gasteiger partial charge on any atom is 0.268 e. The Labute approximate surface area is 170 Å². The summed E-state index contributed by atoms with van der Waals surface area (Å²) in [5.74, 6) is -0.110. The predicted molar refractivity (Wildman–Crippen MR) is 113 cm³/mol. The molecule has 1 N–H and O–H groups in total. The lowest BCUT2D eigenvalue weighted by Crippen LogP contribution is -2.25. The van der Waals surface area contributed by atoms with Crippen molar-refractivity contribution in [1.82, 2.24) is 19.9 Å². The van der Waals surface area contributed by atoms with Gasteiger partial charge in [0.1, 0.15) is 5.69 Å². The summed E-state index contributed by atoms with van der Waals surface area (Å²) in [6.07, 6.45) is 9.02. The van der Waals surface area contributed by atoms with Crippen LogP contribution in [0.2, 0.25) is 0 Å². The summed E-state index contributed by atoms with van der Waals surface area (Å²) in [7, 11) is 0. The van der Waals surface area contributed by atoms with Crippen LogP contribution in [0.4, 0.5) is 0 Å². The SMILES string of the molecule is Cc1ccc(Cn2cc(-c3ccncc3)cc2C(=O)NCc2cccnc2)cc1. The molecule has 0 bridgehead atoms. The van der Waals surface area contributed by atoms with E-state index in [1.165, 1.54) is 5.56 Å². The van der Waals surface area contributed by atoms with E-state index < -0.39 is 0 Å². The van der Waals surface area contributed by atoms with E-state index in [9.17, 15) is 4.79 Å². The minimum atomic E-state index is -0.110. The highest BCUT2D eigenvalue weighted by Crippen LogP contribution is 2.23. The van der Waals surface area contributed by atoms with Gasteiger partial charge in [0, 0.05) is 49.6 Å². The topological polar surface area (TPSA) is 59.8 Å². The average molecular weight is 382 g/mol. The van der Waals surface area contributed by atoms with Crippen LogP contribution < -0.4 is 5.32 Å². The molecule has 5 nitrogen and oxygen atoms in total. The van der Waals surface area contributed by atoms with Gasteiger partial charge in [-0.1, -0.05) is 35.9 Å². The van der Waals surface area contributed by atoms with E-state index in [0.29, 0.717) is 18.8 Å². The van der Waals surface area contributed by atoms with Gasteiger partial charge in [0.2, 0.25) is 0 Å². The molecule has 4 aromatic rings. The number of aryl methyl sites for hydroxylation is 1. The number of amides is 1. The molecule has 1 aromatic carbocycles. The van der Waals surface area contributed by atoms with Gasteiger partial charge in [-0.2, -0.15) is 0 Å². The first-order valence-electron chi connectivity index (χ1n) is 9.52. The van der Waals surface area contributed by atoms with Crippen LogP contribution in [0.15, 0.2) is 85.6 Å². The fourth-order valence-electron chi connectivity index (χ4n) is 3.20. The molecule has 4 rings (SSSR count). The molecule has 0 aliphatic rings. The van der Waals surface area contributed by atoms with E-state index in [2.05, 4.69) is 46.5 Å². The van der Waals surface area contributed by atoms with E-state index in [0.717, 1.165) is 22.3 Å². The van der Waals surface area contributed by atoms with Gasteiger partial charge >= 0.3 is 0 Å². The molecule has 0 spiro atoms. The molecule has 3 aromatic heterocycles. The van der Waals surface area contributed by atoms with Crippen LogP contribution in [0.3, 0.4) is 0 Å². The highest BCUT2D eigenvalue weighted by molar-refractivity contribution is 5.94. The van der Waals surface area contributed by atoms with E-state index in [1.54, 1.807) is 24.8 Å². The normalized spacial score (nSPS) is 10.7. The number of nitrogens with zero attached hydrogens (tertiary/aromatic N) is 3. The number of carbonyl (C=O) groups excluding carboxylic acids is 1. The zero-order valence-electron chi connectivity index (χ0n) is 16.2. The van der Waals surface area contributed by atoms with E-state index in [1.807, 2.05) is 41.1 Å². The van der Waals surface area contributed by atoms with Crippen LogP contribution in [-0.4, -0.2) is 20.4 Å². The zero-order chi connectivity index (χ0) is 20.1. The maximum atomic E-state index is 13.0. The van der Waals surface area contributed by atoms with Crippen LogP contribution in [-0.2, 0) is 13.1 Å². The maximum absolute atomic E-state index is 13.0. The van der Waals surface area contributed by atoms with Crippen molar-refractivity contribution < 1.29 is 4.79 Å². The lowest BCUT2D eigenvalue weighted by molar-refractivity contribution is 0.0942. The van der Waals surface area contributed by atoms with Gasteiger partial charge in [-0.3, -0.25) is 14.8 Å². The molecule has 3 heterocycles. The molecular weight excluding hydrogens is 360 g/mol. The van der Waals surface area contributed by atoms with Gasteiger partial charge in [0.15, 0.2) is 0 Å². The Kier molecular flexibility index (Phi) is 5.47. The van der Waals surface area contributed by atoms with Crippen LogP contribution >= 0.6 is 0 Å². The van der Waals surface area contributed by atoms with Crippen molar-refractivity contribution in [2.24, 2.45) is 0 Å². The summed E-state index contributed by atoms with van der Waals surface area (Å²) in [6, 6.07) is 18.0. The minimum Gasteiger partial charge on any atom is -0.347 e. The fourth-order valence-corrected chi connectivity index (χ4v) is 3.20. The molecule has 1 amide bonds. The highest BCUT2D eigenvalue weighted by atomic mass is 16.1. The summed E-state index contributed by atoms with van der Waals surface area (Å²) in [4.78, 5) is 21.1. The van der Waals surface area contributed by atoms with Crippen LogP contribution in [0.1, 0.15) is 27.2 Å². The van der Waals surface area contributed by atoms with E-state index in [4.69, 9.17) is 0 Å². The largest absolute Gasteiger partial charge is 0.347 e. The predicted octanol–water partition coefficient (Wildman–Crippen LogP) is 4.23. The van der Waals surface area contributed by atoms with Crippen molar-refractivity contribution in [2.75, 3.05) is 0 Å². The molecule has 0 aliphatic carbocycles. The molecule has 144 valence electrons. The van der Waals surface area contributed by atoms with Crippen molar-refractivity contribution in [3.05, 3.63) is 108 Å². The first-order valence-corrected chi connectivity index (χ1v) is 9.52. The first kappa shape index (κ1) is 18.6. The average Bonchev–Trinajstić information content (AvgIpc) is 3.19. The Hall–Kier alpha value is -3.73. The summed E-state index contributed by atoms with van der Waals surface area (Å²) >= 11 is 0. The number of pyridine rings is 2. The highest BCUT2D eigenvalue weighted by Gasteiger charge is 2.15. The van der Waals surface area contributed by atoms with Gasteiger partial charge in [-0.15, -0.1) is 0 Å². The van der Waals surface area contributed by atoms with E-state index >= 15 is 0 Å². The molecular formula is C24H22N4O. The first-order chi connectivity index (χ1) is 14.2. The lowest BCUT2D eigenvalue weighted by Gasteiger charge is -2.10. The Balaban J connectivity index is 1.61. The van der Waals surface area contributed by atoms with Crippen molar-refractivity contribution in [3.8, 4) is 11.1 Å². The zero-order valence-corrected chi connectivity index (χ0v) is 16.2. The molecule has 29 heavy (non-hydrogen) atoms. The summed E-state index contributed by atoms with van der Waals surface area (Å²) < 4.78 is 2.00. The third-order valence-corrected chi connectivity index (χ3v) is 4.79. The van der Waals surface area contributed by atoms with Gasteiger partial charge in [-0.05, 0) is 47.9 Å². The van der Waals surface area contributed by atoms with E-state index in [-0.39, 0.29) is 5.91 Å². The second-order valence-electron chi connectivity index (χ2n) is 7.01. The molecule has 0 aliphatic heterocycles. The van der Waals surface area contributed by atoms with Crippen LogP contribution in [0, 0.1) is 6.92 Å². The van der Waals surface area contributed by atoms with Gasteiger partial charge in [-0.25, -0.2) is 0 Å². The Morgan fingerprint density at radius 2 is 1.72 bits per heavy atom. The monoisotopic (exact) mass is 382 g/mol. The molecule has 0 saturated heterocycles. The van der Waals surface area contributed by atoms with Crippen LogP contribution in [0.25, 0.3) is 11.1 Å². The Morgan fingerprint density at radius 3 is 2.45 bits per heavy atom. The van der Waals surface area contributed by atoms with Crippen LogP contribution in [0.5, 0.6) is 0 Å². The lowest BCUT2D eigenvalue weighted by atomic mass is 10.1. The summed E-state index contributed by atoms with van der Waals surface area (Å²) in [6.45, 7) is 3.13. The molecule has 0 radical (unpaired) electrons. The molecule has 5 heteroatoms. The second kappa shape index (κ2) is 8.52. The smallest absolute Gasteiger partial charge is 0.268 e. The number of benzene rings is 1. The molecule has 0 unspecified atom stereocenters. The number of rotatable bonds is 6. The van der Waals surface area contributed by atoms with Gasteiger partial charge in [0.25, 0.3) is 5.91 Å². The Morgan fingerprint density at radius 1 is 0.931 bits per heavy atom. The molecule has 0 saturated carbocycles. The van der Waals surface area contributed by atoms with Crippen molar-refractivity contribution in [1.29, 1.82) is 0 Å². The quantitative estimate of drug-likeness (QED) is 0.543. The minimum absolute atomic E-state index is 0.110.